The molecular formula is C11H15N3O3. The Morgan fingerprint density at radius 3 is 2.88 bits per heavy atom. The van der Waals surface area contributed by atoms with Crippen LogP contribution in [0.5, 0.6) is 11.5 Å². The Balaban J connectivity index is 2.81. The van der Waals surface area contributed by atoms with Gasteiger partial charge in [-0.3, -0.25) is 0 Å². The number of ether oxygens (including phenoxy) is 2. The number of amides is 2. The lowest BCUT2D eigenvalue weighted by molar-refractivity contribution is 0.249. The first-order chi connectivity index (χ1) is 8.17. The summed E-state index contributed by atoms with van der Waals surface area (Å²) in [5, 5.41) is 3.65. The van der Waals surface area contributed by atoms with E-state index >= 15 is 0 Å². The van der Waals surface area contributed by atoms with E-state index in [1.807, 2.05) is 6.92 Å². The van der Waals surface area contributed by atoms with Gasteiger partial charge in [-0.05, 0) is 30.7 Å². The minimum absolute atomic E-state index is 0.563. The molecule has 0 atom stereocenters. The van der Waals surface area contributed by atoms with Gasteiger partial charge in [0.25, 0.3) is 0 Å². The molecule has 1 aromatic rings. The van der Waals surface area contributed by atoms with E-state index in [2.05, 4.69) is 10.5 Å². The summed E-state index contributed by atoms with van der Waals surface area (Å²) >= 11 is 0. The van der Waals surface area contributed by atoms with E-state index in [9.17, 15) is 4.79 Å². The van der Waals surface area contributed by atoms with Crippen LogP contribution in [-0.2, 0) is 0 Å². The van der Waals surface area contributed by atoms with Crippen LogP contribution in [0.25, 0.3) is 0 Å². The van der Waals surface area contributed by atoms with E-state index in [4.69, 9.17) is 15.2 Å². The number of carbonyl (C=O) groups excluding carboxylic acids is 1. The van der Waals surface area contributed by atoms with E-state index in [-0.39, 0.29) is 0 Å². The van der Waals surface area contributed by atoms with Crippen molar-refractivity contribution in [3.8, 4) is 11.5 Å². The molecule has 1 aromatic carbocycles. The zero-order valence-electron chi connectivity index (χ0n) is 9.77. The lowest BCUT2D eigenvalue weighted by Crippen LogP contribution is -2.24. The average Bonchev–Trinajstić information content (AvgIpc) is 2.30. The normalized spacial score (nSPS) is 10.2. The summed E-state index contributed by atoms with van der Waals surface area (Å²) in [4.78, 5) is 10.4. The van der Waals surface area contributed by atoms with Crippen molar-refractivity contribution in [2.45, 2.75) is 6.92 Å². The third kappa shape index (κ3) is 4.02. The van der Waals surface area contributed by atoms with Crippen LogP contribution in [0.15, 0.2) is 23.3 Å². The number of hydrogen-bond acceptors (Lipinski definition) is 4. The van der Waals surface area contributed by atoms with Gasteiger partial charge in [0.1, 0.15) is 0 Å². The third-order valence-electron chi connectivity index (χ3n) is 1.88. The van der Waals surface area contributed by atoms with Gasteiger partial charge in [0.2, 0.25) is 0 Å². The van der Waals surface area contributed by atoms with Gasteiger partial charge in [-0.15, -0.1) is 0 Å². The summed E-state index contributed by atoms with van der Waals surface area (Å²) in [6.45, 7) is 2.46. The van der Waals surface area contributed by atoms with Crippen LogP contribution in [0.3, 0.4) is 0 Å². The number of nitrogens with one attached hydrogen (secondary N) is 1. The van der Waals surface area contributed by atoms with Crippen molar-refractivity contribution in [3.63, 3.8) is 0 Å². The molecule has 6 nitrogen and oxygen atoms in total. The number of hydrogen-bond donors (Lipinski definition) is 2. The van der Waals surface area contributed by atoms with Gasteiger partial charge in [0, 0.05) is 0 Å². The summed E-state index contributed by atoms with van der Waals surface area (Å²) in [6, 6.07) is 4.60. The molecule has 92 valence electrons. The number of carbonyl (C=O) groups is 1. The highest BCUT2D eigenvalue weighted by Crippen LogP contribution is 2.27. The second-order valence-corrected chi connectivity index (χ2v) is 3.08. The highest BCUT2D eigenvalue weighted by atomic mass is 16.5. The van der Waals surface area contributed by atoms with Gasteiger partial charge in [-0.25, -0.2) is 10.2 Å². The first-order valence-corrected chi connectivity index (χ1v) is 5.06. The van der Waals surface area contributed by atoms with Gasteiger partial charge < -0.3 is 15.2 Å². The van der Waals surface area contributed by atoms with Gasteiger partial charge in [-0.1, -0.05) is 0 Å². The Hall–Kier alpha value is -2.24. The SMILES string of the molecule is CCOc1ccc(/C=N/NC(N)=O)cc1OC. The maximum atomic E-state index is 10.4. The Morgan fingerprint density at radius 2 is 2.29 bits per heavy atom. The third-order valence-corrected chi connectivity index (χ3v) is 1.88. The lowest BCUT2D eigenvalue weighted by atomic mass is 10.2. The monoisotopic (exact) mass is 237 g/mol. The number of benzene rings is 1. The maximum Gasteiger partial charge on any atom is 0.332 e. The molecule has 17 heavy (non-hydrogen) atoms. The van der Waals surface area contributed by atoms with Crippen LogP contribution in [-0.4, -0.2) is 26.0 Å². The summed E-state index contributed by atoms with van der Waals surface area (Å²) in [7, 11) is 1.56. The largest absolute Gasteiger partial charge is 0.493 e. The number of methoxy groups -OCH3 is 1. The smallest absolute Gasteiger partial charge is 0.332 e. The number of nitrogens with two attached hydrogens (primary N) is 1. The molecule has 0 radical (unpaired) electrons. The van der Waals surface area contributed by atoms with E-state index in [1.54, 1.807) is 25.3 Å². The number of nitrogens with zero attached hydrogens (tertiary/aromatic N) is 1. The molecule has 0 aromatic heterocycles. The standard InChI is InChI=1S/C11H15N3O3/c1-3-17-9-5-4-8(6-10(9)16-2)7-13-14-11(12)15/h4-7H,3H2,1-2H3,(H3,12,14,15)/b13-7+. The van der Waals surface area contributed by atoms with Crippen molar-refractivity contribution in [2.75, 3.05) is 13.7 Å². The van der Waals surface area contributed by atoms with Gasteiger partial charge in [0.15, 0.2) is 11.5 Å². The van der Waals surface area contributed by atoms with Crippen LogP contribution < -0.4 is 20.6 Å². The molecule has 0 heterocycles. The Bertz CT molecular complexity index is 418. The zero-order chi connectivity index (χ0) is 12.7. The minimum Gasteiger partial charge on any atom is -0.493 e. The molecule has 0 aliphatic rings. The van der Waals surface area contributed by atoms with E-state index in [0.29, 0.717) is 18.1 Å². The van der Waals surface area contributed by atoms with Crippen molar-refractivity contribution >= 4 is 12.2 Å². The molecule has 0 aliphatic carbocycles. The van der Waals surface area contributed by atoms with Crippen LogP contribution in [0, 0.1) is 0 Å². The molecule has 0 bridgehead atoms. The topological polar surface area (TPSA) is 85.9 Å². The van der Waals surface area contributed by atoms with Crippen LogP contribution >= 0.6 is 0 Å². The number of primary amides is 1. The molecule has 3 N–H and O–H groups in total. The highest BCUT2D eigenvalue weighted by molar-refractivity contribution is 5.82. The molecule has 0 spiro atoms. The summed E-state index contributed by atoms with van der Waals surface area (Å²) in [5.41, 5.74) is 7.74. The molecule has 0 saturated carbocycles. The van der Waals surface area contributed by atoms with Gasteiger partial charge in [-0.2, -0.15) is 5.10 Å². The van der Waals surface area contributed by atoms with Gasteiger partial charge >= 0.3 is 6.03 Å². The minimum atomic E-state index is -0.709. The Morgan fingerprint density at radius 1 is 1.53 bits per heavy atom. The second-order valence-electron chi connectivity index (χ2n) is 3.08. The fourth-order valence-corrected chi connectivity index (χ4v) is 1.21. The molecular weight excluding hydrogens is 222 g/mol. The van der Waals surface area contributed by atoms with Crippen LogP contribution in [0.2, 0.25) is 0 Å². The van der Waals surface area contributed by atoms with Crippen LogP contribution in [0.4, 0.5) is 4.79 Å². The summed E-state index contributed by atoms with van der Waals surface area (Å²) in [6.07, 6.45) is 1.46. The summed E-state index contributed by atoms with van der Waals surface area (Å²) < 4.78 is 10.5. The predicted octanol–water partition coefficient (Wildman–Crippen LogP) is 1.10. The first-order valence-electron chi connectivity index (χ1n) is 5.06. The van der Waals surface area contributed by atoms with Crippen LogP contribution in [0.1, 0.15) is 12.5 Å². The quantitative estimate of drug-likeness (QED) is 0.593. The van der Waals surface area contributed by atoms with Crippen molar-refractivity contribution in [2.24, 2.45) is 10.8 Å². The molecule has 2 amide bonds. The fourth-order valence-electron chi connectivity index (χ4n) is 1.21. The van der Waals surface area contributed by atoms with E-state index in [0.717, 1.165) is 5.56 Å². The lowest BCUT2D eigenvalue weighted by Gasteiger charge is -2.09. The highest BCUT2D eigenvalue weighted by Gasteiger charge is 2.03. The molecule has 0 aliphatic heterocycles. The fraction of sp³-hybridized carbons (Fsp3) is 0.273. The second kappa shape index (κ2) is 6.37. The number of urea groups is 1. The molecule has 0 saturated heterocycles. The zero-order valence-corrected chi connectivity index (χ0v) is 9.77. The van der Waals surface area contributed by atoms with Crippen molar-refractivity contribution in [1.82, 2.24) is 5.43 Å². The Kier molecular flexibility index (Phi) is 4.80. The van der Waals surface area contributed by atoms with Crippen molar-refractivity contribution in [1.29, 1.82) is 0 Å². The van der Waals surface area contributed by atoms with Gasteiger partial charge in [0.05, 0.1) is 19.9 Å². The van der Waals surface area contributed by atoms with E-state index in [1.165, 1.54) is 6.21 Å². The summed E-state index contributed by atoms with van der Waals surface area (Å²) in [5.74, 6) is 1.27. The molecule has 0 fully saturated rings. The number of rotatable bonds is 5. The van der Waals surface area contributed by atoms with Crippen molar-refractivity contribution in [3.05, 3.63) is 23.8 Å². The Labute approximate surface area is 99.4 Å². The first kappa shape index (κ1) is 12.8. The van der Waals surface area contributed by atoms with Crippen molar-refractivity contribution < 1.29 is 14.3 Å². The number of hydrazone groups is 1. The molecule has 6 heteroatoms. The van der Waals surface area contributed by atoms with E-state index < -0.39 is 6.03 Å². The molecule has 0 unspecified atom stereocenters. The predicted molar refractivity (Wildman–Crippen MR) is 64.5 cm³/mol. The average molecular weight is 237 g/mol. The maximum absolute atomic E-state index is 10.4. The molecule has 1 rings (SSSR count).